The van der Waals surface area contributed by atoms with E-state index in [4.69, 9.17) is 15.9 Å². The van der Waals surface area contributed by atoms with Gasteiger partial charge in [-0.25, -0.2) is 0 Å². The molecule has 1 aromatic rings. The third-order valence-corrected chi connectivity index (χ3v) is 2.42. The minimum atomic E-state index is -1.03. The lowest BCUT2D eigenvalue weighted by atomic mass is 10.1. The minimum Gasteiger partial charge on any atom is -0.508 e. The summed E-state index contributed by atoms with van der Waals surface area (Å²) in [4.78, 5) is 22.2. The molecule has 1 rings (SSSR count). The number of aliphatic hydroxyl groups excluding tert-OH is 1. The molecular formula is C12H16N2O4. The Hall–Kier alpha value is -1.92. The maximum Gasteiger partial charge on any atom is 0.239 e. The quantitative estimate of drug-likeness (QED) is 0.482. The zero-order chi connectivity index (χ0) is 13.5. The molecule has 0 aliphatic heterocycles. The highest BCUT2D eigenvalue weighted by molar-refractivity contribution is 5.84. The molecule has 1 amide bonds. The molecular weight excluding hydrogens is 236 g/mol. The minimum absolute atomic E-state index is 0.132. The number of phenols is 1. The van der Waals surface area contributed by atoms with Crippen LogP contribution in [0.15, 0.2) is 24.3 Å². The first-order valence-corrected chi connectivity index (χ1v) is 5.47. The maximum atomic E-state index is 11.4. The number of phenolic OH excluding ortho intramolecular Hbond substituents is 1. The molecule has 6 heteroatoms. The Bertz CT molecular complexity index is 405. The number of aldehydes is 1. The molecule has 0 saturated heterocycles. The first-order valence-electron chi connectivity index (χ1n) is 5.47. The maximum absolute atomic E-state index is 11.4. The standard InChI is InChI=1S/C12H16N2O4/c13-11(7-16)12(18)14-9(6-15)5-8-1-3-10(17)4-2-8/h1-4,6,9,11,16-17H,5,7,13H2,(H,14,18)/t9-,11+/m0/s1. The van der Waals surface area contributed by atoms with Gasteiger partial charge < -0.3 is 26.1 Å². The van der Waals surface area contributed by atoms with Crippen LogP contribution in [0.3, 0.4) is 0 Å². The number of rotatable bonds is 6. The zero-order valence-electron chi connectivity index (χ0n) is 9.74. The SMILES string of the molecule is N[C@H](CO)C(=O)N[C@H](C=O)Cc1ccc(O)cc1. The third kappa shape index (κ3) is 4.15. The van der Waals surface area contributed by atoms with Gasteiger partial charge in [0.1, 0.15) is 18.1 Å². The molecule has 1 aromatic carbocycles. The van der Waals surface area contributed by atoms with Gasteiger partial charge in [-0.05, 0) is 24.1 Å². The van der Waals surface area contributed by atoms with Crippen LogP contribution in [-0.4, -0.2) is 41.1 Å². The topological polar surface area (TPSA) is 113 Å². The third-order valence-electron chi connectivity index (χ3n) is 2.42. The van der Waals surface area contributed by atoms with E-state index in [1.807, 2.05) is 0 Å². The summed E-state index contributed by atoms with van der Waals surface area (Å²) in [6.07, 6.45) is 0.905. The summed E-state index contributed by atoms with van der Waals surface area (Å²) in [6, 6.07) is 4.57. The lowest BCUT2D eigenvalue weighted by molar-refractivity contribution is -0.125. The van der Waals surface area contributed by atoms with Gasteiger partial charge in [-0.15, -0.1) is 0 Å². The molecule has 0 aromatic heterocycles. The summed E-state index contributed by atoms with van der Waals surface area (Å²) in [5, 5.41) is 20.2. The highest BCUT2D eigenvalue weighted by Gasteiger charge is 2.17. The van der Waals surface area contributed by atoms with Crippen LogP contribution in [0.1, 0.15) is 5.56 Å². The molecule has 0 fully saturated rings. The van der Waals surface area contributed by atoms with E-state index in [0.717, 1.165) is 5.56 Å². The second-order valence-corrected chi connectivity index (χ2v) is 3.91. The van der Waals surface area contributed by atoms with Crippen LogP contribution in [0.5, 0.6) is 5.75 Å². The predicted octanol–water partition coefficient (Wildman–Crippen LogP) is -1.06. The highest BCUT2D eigenvalue weighted by Crippen LogP contribution is 2.10. The van der Waals surface area contributed by atoms with Gasteiger partial charge in [0.05, 0.1) is 12.6 Å². The zero-order valence-corrected chi connectivity index (χ0v) is 9.74. The molecule has 0 bridgehead atoms. The monoisotopic (exact) mass is 252 g/mol. The Morgan fingerprint density at radius 1 is 1.39 bits per heavy atom. The average Bonchev–Trinajstić information content (AvgIpc) is 2.39. The molecule has 6 nitrogen and oxygen atoms in total. The van der Waals surface area contributed by atoms with E-state index in [0.29, 0.717) is 12.7 Å². The number of carbonyl (C=O) groups is 2. The van der Waals surface area contributed by atoms with Crippen molar-refractivity contribution >= 4 is 12.2 Å². The number of nitrogens with two attached hydrogens (primary N) is 1. The molecule has 0 unspecified atom stereocenters. The Morgan fingerprint density at radius 2 is 2.00 bits per heavy atom. The Labute approximate surface area is 104 Å². The van der Waals surface area contributed by atoms with E-state index in [1.165, 1.54) is 12.1 Å². The largest absolute Gasteiger partial charge is 0.508 e. The summed E-state index contributed by atoms with van der Waals surface area (Å²) in [5.41, 5.74) is 6.12. The van der Waals surface area contributed by atoms with Crippen molar-refractivity contribution in [2.24, 2.45) is 5.73 Å². The van der Waals surface area contributed by atoms with Crippen molar-refractivity contribution in [3.63, 3.8) is 0 Å². The number of carbonyl (C=O) groups excluding carboxylic acids is 2. The van der Waals surface area contributed by atoms with Gasteiger partial charge in [0.25, 0.3) is 0 Å². The summed E-state index contributed by atoms with van der Waals surface area (Å²) in [5.74, 6) is -0.443. The van der Waals surface area contributed by atoms with Crippen LogP contribution in [0.4, 0.5) is 0 Å². The molecule has 0 heterocycles. The number of nitrogens with one attached hydrogen (secondary N) is 1. The normalized spacial score (nSPS) is 13.7. The first-order chi connectivity index (χ1) is 8.56. The number of amides is 1. The number of aliphatic hydroxyl groups is 1. The number of benzene rings is 1. The lowest BCUT2D eigenvalue weighted by Gasteiger charge is -2.15. The Kier molecular flexibility index (Phi) is 5.29. The van der Waals surface area contributed by atoms with Crippen molar-refractivity contribution in [3.05, 3.63) is 29.8 Å². The summed E-state index contributed by atoms with van der Waals surface area (Å²) in [6.45, 7) is -0.476. The van der Waals surface area contributed by atoms with E-state index in [2.05, 4.69) is 5.32 Å². The van der Waals surface area contributed by atoms with Crippen molar-refractivity contribution in [2.75, 3.05) is 6.61 Å². The lowest BCUT2D eigenvalue weighted by Crippen LogP contribution is -2.48. The van der Waals surface area contributed by atoms with Crippen molar-refractivity contribution in [1.29, 1.82) is 0 Å². The Morgan fingerprint density at radius 3 is 2.50 bits per heavy atom. The molecule has 98 valence electrons. The highest BCUT2D eigenvalue weighted by atomic mass is 16.3. The van der Waals surface area contributed by atoms with Gasteiger partial charge in [0.2, 0.25) is 5.91 Å². The molecule has 0 saturated carbocycles. The van der Waals surface area contributed by atoms with Gasteiger partial charge in [0, 0.05) is 0 Å². The van der Waals surface area contributed by atoms with Crippen molar-refractivity contribution in [2.45, 2.75) is 18.5 Å². The van der Waals surface area contributed by atoms with Gasteiger partial charge in [-0.2, -0.15) is 0 Å². The summed E-state index contributed by atoms with van der Waals surface area (Å²) in [7, 11) is 0. The fourth-order valence-electron chi connectivity index (χ4n) is 1.39. The Balaban J connectivity index is 2.59. The van der Waals surface area contributed by atoms with Crippen LogP contribution in [-0.2, 0) is 16.0 Å². The summed E-state index contributed by atoms with van der Waals surface area (Å²) < 4.78 is 0. The number of hydrogen-bond acceptors (Lipinski definition) is 5. The predicted molar refractivity (Wildman–Crippen MR) is 64.9 cm³/mol. The van der Waals surface area contributed by atoms with Crippen molar-refractivity contribution in [1.82, 2.24) is 5.32 Å². The van der Waals surface area contributed by atoms with Gasteiger partial charge in [-0.1, -0.05) is 12.1 Å². The average molecular weight is 252 g/mol. The van der Waals surface area contributed by atoms with E-state index >= 15 is 0 Å². The molecule has 0 aliphatic rings. The molecule has 2 atom stereocenters. The van der Waals surface area contributed by atoms with E-state index < -0.39 is 24.6 Å². The van der Waals surface area contributed by atoms with Crippen LogP contribution in [0.25, 0.3) is 0 Å². The number of aromatic hydroxyl groups is 1. The van der Waals surface area contributed by atoms with Crippen LogP contribution < -0.4 is 11.1 Å². The summed E-state index contributed by atoms with van der Waals surface area (Å²) >= 11 is 0. The molecule has 0 spiro atoms. The van der Waals surface area contributed by atoms with Gasteiger partial charge in [0.15, 0.2) is 0 Å². The smallest absolute Gasteiger partial charge is 0.239 e. The van der Waals surface area contributed by atoms with Crippen molar-refractivity contribution < 1.29 is 19.8 Å². The number of hydrogen-bond donors (Lipinski definition) is 4. The fraction of sp³-hybridized carbons (Fsp3) is 0.333. The second kappa shape index (κ2) is 6.73. The first kappa shape index (κ1) is 14.1. The molecule has 0 aliphatic carbocycles. The van der Waals surface area contributed by atoms with E-state index in [-0.39, 0.29) is 5.75 Å². The van der Waals surface area contributed by atoms with E-state index in [1.54, 1.807) is 12.1 Å². The van der Waals surface area contributed by atoms with Crippen molar-refractivity contribution in [3.8, 4) is 5.75 Å². The van der Waals surface area contributed by atoms with Gasteiger partial charge in [-0.3, -0.25) is 4.79 Å². The van der Waals surface area contributed by atoms with Crippen LogP contribution in [0.2, 0.25) is 0 Å². The second-order valence-electron chi connectivity index (χ2n) is 3.91. The van der Waals surface area contributed by atoms with Crippen LogP contribution in [0, 0.1) is 0 Å². The molecule has 5 N–H and O–H groups in total. The van der Waals surface area contributed by atoms with Crippen LogP contribution >= 0.6 is 0 Å². The molecule has 18 heavy (non-hydrogen) atoms. The fourth-order valence-corrected chi connectivity index (χ4v) is 1.39. The van der Waals surface area contributed by atoms with E-state index in [9.17, 15) is 9.59 Å². The molecule has 0 radical (unpaired) electrons. The van der Waals surface area contributed by atoms with Gasteiger partial charge >= 0.3 is 0 Å².